The van der Waals surface area contributed by atoms with Crippen LogP contribution >= 0.6 is 11.6 Å². The minimum absolute atomic E-state index is 0.0403. The third-order valence-electron chi connectivity index (χ3n) is 2.82. The number of carbonyl (C=O) groups excluding carboxylic acids is 1. The topological polar surface area (TPSA) is 69.6 Å². The van der Waals surface area contributed by atoms with Gasteiger partial charge in [0.15, 0.2) is 0 Å². The summed E-state index contributed by atoms with van der Waals surface area (Å²) in [5.74, 6) is -0.281. The van der Waals surface area contributed by atoms with Crippen LogP contribution in [0.3, 0.4) is 0 Å². The maximum absolute atomic E-state index is 11.9. The number of halogens is 1. The first-order valence-corrected chi connectivity index (χ1v) is 6.57. The van der Waals surface area contributed by atoms with Crippen LogP contribution in [-0.4, -0.2) is 16.1 Å². The van der Waals surface area contributed by atoms with E-state index in [4.69, 9.17) is 11.6 Å². The lowest BCUT2D eigenvalue weighted by atomic mass is 10.1. The van der Waals surface area contributed by atoms with Gasteiger partial charge in [-0.2, -0.15) is 0 Å². The Bertz CT molecular complexity index is 628. The molecule has 20 heavy (non-hydrogen) atoms. The van der Waals surface area contributed by atoms with E-state index in [0.29, 0.717) is 12.4 Å². The standard InChI is InChI=1S/C15H14ClNO3/c16-8-10-2-1-3-11(6-10)9-17-15(20)13-7-12(18)4-5-14(13)19/h1-7,18-19H,8-9H2,(H,17,20). The summed E-state index contributed by atoms with van der Waals surface area (Å²) in [4.78, 5) is 11.9. The second-order valence-electron chi connectivity index (χ2n) is 4.34. The number of phenolic OH excluding ortho intramolecular Hbond substituents is 2. The molecule has 0 saturated heterocycles. The number of alkyl halides is 1. The predicted molar refractivity (Wildman–Crippen MR) is 76.9 cm³/mol. The molecule has 104 valence electrons. The van der Waals surface area contributed by atoms with Crippen molar-refractivity contribution in [3.8, 4) is 11.5 Å². The van der Waals surface area contributed by atoms with Crippen LogP contribution in [0.25, 0.3) is 0 Å². The lowest BCUT2D eigenvalue weighted by Gasteiger charge is -2.08. The zero-order valence-electron chi connectivity index (χ0n) is 10.6. The van der Waals surface area contributed by atoms with Crippen LogP contribution in [0, 0.1) is 0 Å². The Hall–Kier alpha value is -2.20. The average molecular weight is 292 g/mol. The summed E-state index contributed by atoms with van der Waals surface area (Å²) in [6, 6.07) is 11.4. The van der Waals surface area contributed by atoms with Gasteiger partial charge in [0.05, 0.1) is 5.56 Å². The van der Waals surface area contributed by atoms with Gasteiger partial charge in [-0.15, -0.1) is 11.6 Å². The highest BCUT2D eigenvalue weighted by atomic mass is 35.5. The fourth-order valence-corrected chi connectivity index (χ4v) is 1.97. The SMILES string of the molecule is O=C(NCc1cccc(CCl)c1)c1cc(O)ccc1O. The Morgan fingerprint density at radius 1 is 1.10 bits per heavy atom. The van der Waals surface area contributed by atoms with Crippen molar-refractivity contribution in [3.05, 3.63) is 59.2 Å². The number of nitrogens with one attached hydrogen (secondary N) is 1. The van der Waals surface area contributed by atoms with Crippen LogP contribution < -0.4 is 5.32 Å². The first-order valence-electron chi connectivity index (χ1n) is 6.04. The molecule has 2 rings (SSSR count). The Morgan fingerprint density at radius 3 is 2.60 bits per heavy atom. The van der Waals surface area contributed by atoms with Crippen molar-refractivity contribution in [2.24, 2.45) is 0 Å². The normalized spacial score (nSPS) is 10.2. The van der Waals surface area contributed by atoms with Gasteiger partial charge in [0.25, 0.3) is 5.91 Å². The summed E-state index contributed by atoms with van der Waals surface area (Å²) in [7, 11) is 0. The molecule has 0 aliphatic carbocycles. The molecule has 1 amide bonds. The van der Waals surface area contributed by atoms with Gasteiger partial charge in [0, 0.05) is 12.4 Å². The highest BCUT2D eigenvalue weighted by molar-refractivity contribution is 6.17. The Labute approximate surface area is 121 Å². The quantitative estimate of drug-likeness (QED) is 0.599. The smallest absolute Gasteiger partial charge is 0.255 e. The summed E-state index contributed by atoms with van der Waals surface area (Å²) in [5, 5.41) is 21.6. The molecule has 0 radical (unpaired) electrons. The first-order chi connectivity index (χ1) is 9.60. The van der Waals surface area contributed by atoms with E-state index in [9.17, 15) is 15.0 Å². The minimum Gasteiger partial charge on any atom is -0.508 e. The number of aromatic hydroxyl groups is 2. The molecule has 0 unspecified atom stereocenters. The Balaban J connectivity index is 2.06. The number of hydrogen-bond acceptors (Lipinski definition) is 3. The summed E-state index contributed by atoms with van der Waals surface area (Å²) < 4.78 is 0. The molecule has 2 aromatic carbocycles. The molecule has 5 heteroatoms. The van der Waals surface area contributed by atoms with Crippen molar-refractivity contribution >= 4 is 17.5 Å². The zero-order chi connectivity index (χ0) is 14.5. The molecule has 0 bridgehead atoms. The molecule has 0 heterocycles. The summed E-state index contributed by atoms with van der Waals surface area (Å²) in [6.07, 6.45) is 0. The highest BCUT2D eigenvalue weighted by Crippen LogP contribution is 2.21. The summed E-state index contributed by atoms with van der Waals surface area (Å²) in [5.41, 5.74) is 1.92. The molecule has 3 N–H and O–H groups in total. The van der Waals surface area contributed by atoms with E-state index in [0.717, 1.165) is 11.1 Å². The largest absolute Gasteiger partial charge is 0.508 e. The van der Waals surface area contributed by atoms with Crippen molar-refractivity contribution in [1.29, 1.82) is 0 Å². The number of phenols is 2. The number of hydrogen-bond donors (Lipinski definition) is 3. The number of amides is 1. The Kier molecular flexibility index (Phi) is 4.48. The van der Waals surface area contributed by atoms with Gasteiger partial charge in [-0.05, 0) is 29.3 Å². The van der Waals surface area contributed by atoms with Gasteiger partial charge in [0.2, 0.25) is 0 Å². The second kappa shape index (κ2) is 6.30. The van der Waals surface area contributed by atoms with E-state index in [2.05, 4.69) is 5.32 Å². The van der Waals surface area contributed by atoms with Crippen molar-refractivity contribution in [3.63, 3.8) is 0 Å². The van der Waals surface area contributed by atoms with Crippen LogP contribution in [0.5, 0.6) is 11.5 Å². The van der Waals surface area contributed by atoms with Crippen LogP contribution in [0.15, 0.2) is 42.5 Å². The van der Waals surface area contributed by atoms with Crippen molar-refractivity contribution in [1.82, 2.24) is 5.32 Å². The molecule has 0 aromatic heterocycles. The summed E-state index contributed by atoms with van der Waals surface area (Å²) in [6.45, 7) is 0.318. The van der Waals surface area contributed by atoms with Crippen LogP contribution in [0.1, 0.15) is 21.5 Å². The van der Waals surface area contributed by atoms with Crippen molar-refractivity contribution in [2.75, 3.05) is 0 Å². The van der Waals surface area contributed by atoms with Gasteiger partial charge in [-0.25, -0.2) is 0 Å². The molecular formula is C15H14ClNO3. The first kappa shape index (κ1) is 14.2. The maximum Gasteiger partial charge on any atom is 0.255 e. The van der Waals surface area contributed by atoms with Gasteiger partial charge < -0.3 is 15.5 Å². The number of carbonyl (C=O) groups is 1. The summed E-state index contributed by atoms with van der Waals surface area (Å²) >= 11 is 5.75. The molecule has 2 aromatic rings. The maximum atomic E-state index is 11.9. The van der Waals surface area contributed by atoms with E-state index in [1.807, 2.05) is 24.3 Å². The molecule has 0 spiro atoms. The molecular weight excluding hydrogens is 278 g/mol. The molecule has 0 fully saturated rings. The van der Waals surface area contributed by atoms with Crippen LogP contribution in [0.4, 0.5) is 0 Å². The average Bonchev–Trinajstić information content (AvgIpc) is 2.47. The lowest BCUT2D eigenvalue weighted by molar-refractivity contribution is 0.0948. The second-order valence-corrected chi connectivity index (χ2v) is 4.60. The number of benzene rings is 2. The van der Waals surface area contributed by atoms with E-state index in [1.54, 1.807) is 0 Å². The van der Waals surface area contributed by atoms with Gasteiger partial charge in [0.1, 0.15) is 11.5 Å². The molecule has 4 nitrogen and oxygen atoms in total. The fraction of sp³-hybridized carbons (Fsp3) is 0.133. The predicted octanol–water partition coefficient (Wildman–Crippen LogP) is 2.77. The van der Waals surface area contributed by atoms with E-state index in [1.165, 1.54) is 18.2 Å². The third-order valence-corrected chi connectivity index (χ3v) is 3.13. The number of rotatable bonds is 4. The molecule has 0 atom stereocenters. The van der Waals surface area contributed by atoms with Crippen molar-refractivity contribution < 1.29 is 15.0 Å². The molecule has 0 aliphatic heterocycles. The van der Waals surface area contributed by atoms with Gasteiger partial charge >= 0.3 is 0 Å². The lowest BCUT2D eigenvalue weighted by Crippen LogP contribution is -2.22. The zero-order valence-corrected chi connectivity index (χ0v) is 11.4. The minimum atomic E-state index is -0.449. The van der Waals surface area contributed by atoms with Gasteiger partial charge in [-0.1, -0.05) is 24.3 Å². The Morgan fingerprint density at radius 2 is 1.85 bits per heavy atom. The van der Waals surface area contributed by atoms with Gasteiger partial charge in [-0.3, -0.25) is 4.79 Å². The molecule has 0 aliphatic rings. The van der Waals surface area contributed by atoms with Crippen LogP contribution in [-0.2, 0) is 12.4 Å². The molecule has 0 saturated carbocycles. The van der Waals surface area contributed by atoms with Crippen molar-refractivity contribution in [2.45, 2.75) is 12.4 Å². The van der Waals surface area contributed by atoms with E-state index >= 15 is 0 Å². The third kappa shape index (κ3) is 3.42. The monoisotopic (exact) mass is 291 g/mol. The fourth-order valence-electron chi connectivity index (χ4n) is 1.81. The van der Waals surface area contributed by atoms with Crippen LogP contribution in [0.2, 0.25) is 0 Å². The highest BCUT2D eigenvalue weighted by Gasteiger charge is 2.11. The van der Waals surface area contributed by atoms with E-state index in [-0.39, 0.29) is 17.1 Å². The van der Waals surface area contributed by atoms with E-state index < -0.39 is 5.91 Å².